The topological polar surface area (TPSA) is 78.2 Å². The van der Waals surface area contributed by atoms with Gasteiger partial charge >= 0.3 is 0 Å². The second kappa shape index (κ2) is 5.96. The summed E-state index contributed by atoms with van der Waals surface area (Å²) in [5.41, 5.74) is 0.954. The van der Waals surface area contributed by atoms with Crippen LogP contribution in [0, 0.1) is 18.3 Å². The summed E-state index contributed by atoms with van der Waals surface area (Å²) in [5.74, 6) is -0.121. The molecule has 1 unspecified atom stereocenters. The number of Topliss-reactive ketones (excluding diaryl/α,β-unsaturated/α-hetero) is 1. The number of carbonyl (C=O) groups is 1. The molecule has 1 saturated heterocycles. The third-order valence-electron chi connectivity index (χ3n) is 3.81. The van der Waals surface area contributed by atoms with Crippen molar-refractivity contribution in [1.82, 2.24) is 4.31 Å². The Bertz CT molecular complexity index is 704. The first-order chi connectivity index (χ1) is 9.87. The van der Waals surface area contributed by atoms with Gasteiger partial charge in [-0.2, -0.15) is 9.57 Å². The monoisotopic (exact) mass is 306 g/mol. The van der Waals surface area contributed by atoms with Crippen LogP contribution in [0.3, 0.4) is 0 Å². The molecule has 112 valence electrons. The molecule has 1 fully saturated rings. The lowest BCUT2D eigenvalue weighted by Crippen LogP contribution is -2.47. The van der Waals surface area contributed by atoms with Gasteiger partial charge in [-0.3, -0.25) is 4.79 Å². The molecule has 1 aliphatic heterocycles. The number of hydrogen-bond acceptors (Lipinski definition) is 4. The molecule has 1 heterocycles. The van der Waals surface area contributed by atoms with Crippen molar-refractivity contribution in [3.8, 4) is 6.07 Å². The minimum atomic E-state index is -3.71. The van der Waals surface area contributed by atoms with Crippen LogP contribution in [0.25, 0.3) is 0 Å². The lowest BCUT2D eigenvalue weighted by molar-refractivity contribution is -0.121. The van der Waals surface area contributed by atoms with Crippen molar-refractivity contribution in [2.45, 2.75) is 44.0 Å². The van der Waals surface area contributed by atoms with Gasteiger partial charge in [0.05, 0.1) is 22.6 Å². The summed E-state index contributed by atoms with van der Waals surface area (Å²) in [5, 5.41) is 8.86. The van der Waals surface area contributed by atoms with Crippen LogP contribution in [-0.4, -0.2) is 31.1 Å². The highest BCUT2D eigenvalue weighted by molar-refractivity contribution is 7.89. The van der Waals surface area contributed by atoms with Crippen LogP contribution in [0.5, 0.6) is 0 Å². The van der Waals surface area contributed by atoms with E-state index in [1.165, 1.54) is 23.4 Å². The molecule has 1 atom stereocenters. The van der Waals surface area contributed by atoms with Gasteiger partial charge in [0.2, 0.25) is 10.0 Å². The Kier molecular flexibility index (Phi) is 4.45. The van der Waals surface area contributed by atoms with E-state index in [1.54, 1.807) is 13.0 Å². The molecule has 0 aliphatic carbocycles. The van der Waals surface area contributed by atoms with Gasteiger partial charge in [-0.15, -0.1) is 0 Å². The quantitative estimate of drug-likeness (QED) is 0.855. The normalized spacial score (nSPS) is 20.0. The molecule has 1 aliphatic rings. The molecule has 5 nitrogen and oxygen atoms in total. The predicted octanol–water partition coefficient (Wildman–Crippen LogP) is 2.00. The molecule has 21 heavy (non-hydrogen) atoms. The standard InChI is InChI=1S/C15H18N2O3S/c1-11-9-13(10-16)6-7-15(11)21(19,20)17-8-4-3-5-14(17)12(2)18/h6-7,9,14H,3-5,8H2,1-2H3. The lowest BCUT2D eigenvalue weighted by Gasteiger charge is -2.33. The zero-order chi connectivity index (χ0) is 15.6. The number of carbonyl (C=O) groups excluding carboxylic acids is 1. The Morgan fingerprint density at radius 1 is 1.38 bits per heavy atom. The fourth-order valence-corrected chi connectivity index (χ4v) is 4.65. The van der Waals surface area contributed by atoms with Crippen LogP contribution in [0.2, 0.25) is 0 Å². The Morgan fingerprint density at radius 2 is 2.10 bits per heavy atom. The maximum absolute atomic E-state index is 12.8. The number of benzene rings is 1. The van der Waals surface area contributed by atoms with Crippen molar-refractivity contribution in [3.05, 3.63) is 29.3 Å². The largest absolute Gasteiger partial charge is 0.298 e. The van der Waals surface area contributed by atoms with E-state index >= 15 is 0 Å². The van der Waals surface area contributed by atoms with Crippen molar-refractivity contribution >= 4 is 15.8 Å². The van der Waals surface area contributed by atoms with Crippen LogP contribution < -0.4 is 0 Å². The maximum Gasteiger partial charge on any atom is 0.243 e. The Balaban J connectivity index is 2.46. The summed E-state index contributed by atoms with van der Waals surface area (Å²) in [6.07, 6.45) is 2.20. The number of nitriles is 1. The average molecular weight is 306 g/mol. The molecule has 0 N–H and O–H groups in total. The first kappa shape index (κ1) is 15.7. The second-order valence-electron chi connectivity index (χ2n) is 5.33. The molecule has 1 aromatic carbocycles. The highest BCUT2D eigenvalue weighted by Gasteiger charge is 2.36. The number of hydrogen-bond donors (Lipinski definition) is 0. The molecule has 6 heteroatoms. The number of piperidine rings is 1. The summed E-state index contributed by atoms with van der Waals surface area (Å²) < 4.78 is 26.9. The fraction of sp³-hybridized carbons (Fsp3) is 0.467. The number of aryl methyl sites for hydroxylation is 1. The van der Waals surface area contributed by atoms with Crippen molar-refractivity contribution in [1.29, 1.82) is 5.26 Å². The molecule has 0 radical (unpaired) electrons. The Morgan fingerprint density at radius 3 is 2.67 bits per heavy atom. The Hall–Kier alpha value is -1.71. The summed E-state index contributed by atoms with van der Waals surface area (Å²) in [7, 11) is -3.71. The summed E-state index contributed by atoms with van der Waals surface area (Å²) >= 11 is 0. The third kappa shape index (κ3) is 2.99. The van der Waals surface area contributed by atoms with Gasteiger partial charge < -0.3 is 0 Å². The van der Waals surface area contributed by atoms with Crippen molar-refractivity contribution < 1.29 is 13.2 Å². The van der Waals surface area contributed by atoms with Gasteiger partial charge in [0.1, 0.15) is 5.78 Å². The average Bonchev–Trinajstić information content (AvgIpc) is 2.46. The van der Waals surface area contributed by atoms with E-state index in [4.69, 9.17) is 5.26 Å². The first-order valence-corrected chi connectivity index (χ1v) is 8.35. The first-order valence-electron chi connectivity index (χ1n) is 6.91. The van der Waals surface area contributed by atoms with Crippen molar-refractivity contribution in [2.75, 3.05) is 6.54 Å². The van der Waals surface area contributed by atoms with E-state index < -0.39 is 16.1 Å². The molecular formula is C15H18N2O3S. The number of nitrogens with zero attached hydrogens (tertiary/aromatic N) is 2. The second-order valence-corrected chi connectivity index (χ2v) is 7.19. The molecule has 0 aromatic heterocycles. The van der Waals surface area contributed by atoms with Crippen LogP contribution in [0.4, 0.5) is 0 Å². The lowest BCUT2D eigenvalue weighted by atomic mass is 10.0. The summed E-state index contributed by atoms with van der Waals surface area (Å²) in [4.78, 5) is 11.9. The number of sulfonamides is 1. The Labute approximate surface area is 125 Å². The molecule has 0 saturated carbocycles. The van der Waals surface area contributed by atoms with Crippen molar-refractivity contribution in [3.63, 3.8) is 0 Å². The predicted molar refractivity (Wildman–Crippen MR) is 78.1 cm³/mol. The molecule has 2 rings (SSSR count). The van der Waals surface area contributed by atoms with Crippen LogP contribution in [-0.2, 0) is 14.8 Å². The third-order valence-corrected chi connectivity index (χ3v) is 5.88. The van der Waals surface area contributed by atoms with Crippen molar-refractivity contribution in [2.24, 2.45) is 0 Å². The van der Waals surface area contributed by atoms with E-state index in [2.05, 4.69) is 0 Å². The zero-order valence-corrected chi connectivity index (χ0v) is 13.0. The summed E-state index contributed by atoms with van der Waals surface area (Å²) in [6.45, 7) is 3.47. The van der Waals surface area contributed by atoms with Gasteiger partial charge in [0.15, 0.2) is 0 Å². The van der Waals surface area contributed by atoms with E-state index in [0.717, 1.165) is 12.8 Å². The smallest absolute Gasteiger partial charge is 0.243 e. The van der Waals surface area contributed by atoms with Crippen LogP contribution in [0.1, 0.15) is 37.3 Å². The summed E-state index contributed by atoms with van der Waals surface area (Å²) in [6, 6.07) is 5.92. The highest BCUT2D eigenvalue weighted by atomic mass is 32.2. The zero-order valence-electron chi connectivity index (χ0n) is 12.2. The van der Waals surface area contributed by atoms with Crippen LogP contribution in [0.15, 0.2) is 23.1 Å². The minimum absolute atomic E-state index is 0.121. The molecule has 0 bridgehead atoms. The van der Waals surface area contributed by atoms with Crippen LogP contribution >= 0.6 is 0 Å². The molecular weight excluding hydrogens is 288 g/mol. The van der Waals surface area contributed by atoms with Gasteiger partial charge in [-0.25, -0.2) is 8.42 Å². The maximum atomic E-state index is 12.8. The van der Waals surface area contributed by atoms with E-state index in [9.17, 15) is 13.2 Å². The van der Waals surface area contributed by atoms with E-state index in [1.807, 2.05) is 6.07 Å². The molecule has 0 spiro atoms. The molecule has 1 aromatic rings. The van der Waals surface area contributed by atoms with Gasteiger partial charge in [-0.1, -0.05) is 6.42 Å². The van der Waals surface area contributed by atoms with Gasteiger partial charge in [0.25, 0.3) is 0 Å². The number of ketones is 1. The molecule has 0 amide bonds. The van der Waals surface area contributed by atoms with Gasteiger partial charge in [0, 0.05) is 6.54 Å². The number of rotatable bonds is 3. The minimum Gasteiger partial charge on any atom is -0.298 e. The highest BCUT2D eigenvalue weighted by Crippen LogP contribution is 2.28. The van der Waals surface area contributed by atoms with Gasteiger partial charge in [-0.05, 0) is 50.5 Å². The van der Waals surface area contributed by atoms with E-state index in [0.29, 0.717) is 24.1 Å². The van der Waals surface area contributed by atoms with E-state index in [-0.39, 0.29) is 10.7 Å². The SMILES string of the molecule is CC(=O)C1CCCCN1S(=O)(=O)c1ccc(C#N)cc1C. The fourth-order valence-electron chi connectivity index (χ4n) is 2.73.